The molecule has 4 aromatic rings. The second-order valence-corrected chi connectivity index (χ2v) is 7.40. The molecule has 0 spiro atoms. The number of para-hydroxylation sites is 1. The predicted octanol–water partition coefficient (Wildman–Crippen LogP) is 4.79. The zero-order valence-electron chi connectivity index (χ0n) is 16.9. The second kappa shape index (κ2) is 8.57. The van der Waals surface area contributed by atoms with E-state index in [4.69, 9.17) is 15.5 Å². The van der Waals surface area contributed by atoms with Gasteiger partial charge in [0.15, 0.2) is 0 Å². The molecule has 5 nitrogen and oxygen atoms in total. The lowest BCUT2D eigenvalue weighted by Crippen LogP contribution is -2.27. The molecule has 0 aliphatic carbocycles. The van der Waals surface area contributed by atoms with Gasteiger partial charge in [-0.1, -0.05) is 18.2 Å². The van der Waals surface area contributed by atoms with Gasteiger partial charge in [0.05, 0.1) is 17.3 Å². The van der Waals surface area contributed by atoms with Crippen LogP contribution in [-0.2, 0) is 0 Å². The maximum Gasteiger partial charge on any atom is 0.147 e. The van der Waals surface area contributed by atoms with Crippen molar-refractivity contribution in [1.29, 1.82) is 0 Å². The molecule has 0 saturated heterocycles. The van der Waals surface area contributed by atoms with Crippen LogP contribution in [0.3, 0.4) is 0 Å². The van der Waals surface area contributed by atoms with Crippen molar-refractivity contribution in [2.75, 3.05) is 20.6 Å². The fraction of sp³-hybridized carbons (Fsp3) is 0.167. The Hall–Kier alpha value is -3.35. The van der Waals surface area contributed by atoms with Crippen LogP contribution in [0.1, 0.15) is 11.9 Å². The van der Waals surface area contributed by atoms with Gasteiger partial charge in [0.1, 0.15) is 23.1 Å². The van der Waals surface area contributed by atoms with E-state index in [1.54, 1.807) is 12.1 Å². The normalized spacial score (nSPS) is 12.3. The van der Waals surface area contributed by atoms with Crippen LogP contribution < -0.4 is 10.5 Å². The van der Waals surface area contributed by atoms with Crippen molar-refractivity contribution in [1.82, 2.24) is 14.9 Å². The minimum atomic E-state index is -0.295. The van der Waals surface area contributed by atoms with Crippen LogP contribution in [0.4, 0.5) is 4.39 Å². The summed E-state index contributed by atoms with van der Waals surface area (Å²) in [5.74, 6) is 1.56. The number of halogens is 1. The number of nitrogens with zero attached hydrogens (tertiary/aromatic N) is 3. The lowest BCUT2D eigenvalue weighted by atomic mass is 10.1. The number of hydrogen-bond acceptors (Lipinski definition) is 5. The molecule has 0 fully saturated rings. The average Bonchev–Trinajstić information content (AvgIpc) is 2.75. The molecule has 0 radical (unpaired) electrons. The van der Waals surface area contributed by atoms with Crippen molar-refractivity contribution < 1.29 is 9.13 Å². The number of aromatic nitrogens is 2. The number of rotatable bonds is 6. The average molecular weight is 402 g/mol. The Morgan fingerprint density at radius 2 is 1.53 bits per heavy atom. The van der Waals surface area contributed by atoms with Crippen LogP contribution in [0.2, 0.25) is 0 Å². The first-order chi connectivity index (χ1) is 14.5. The van der Waals surface area contributed by atoms with Gasteiger partial charge < -0.3 is 15.4 Å². The molecule has 30 heavy (non-hydrogen) atoms. The van der Waals surface area contributed by atoms with Crippen LogP contribution in [0, 0.1) is 5.82 Å². The number of nitrogens with two attached hydrogens (primary N) is 1. The fourth-order valence-corrected chi connectivity index (χ4v) is 3.28. The largest absolute Gasteiger partial charge is 0.457 e. The molecular weight excluding hydrogens is 379 g/mol. The third-order valence-electron chi connectivity index (χ3n) is 4.69. The van der Waals surface area contributed by atoms with E-state index in [1.807, 2.05) is 67.5 Å². The Balaban J connectivity index is 1.68. The highest BCUT2D eigenvalue weighted by atomic mass is 19.1. The zero-order chi connectivity index (χ0) is 21.1. The maximum absolute atomic E-state index is 13.1. The molecule has 0 aliphatic rings. The third kappa shape index (κ3) is 4.45. The van der Waals surface area contributed by atoms with E-state index < -0.39 is 0 Å². The monoisotopic (exact) mass is 402 g/mol. The summed E-state index contributed by atoms with van der Waals surface area (Å²) in [6.45, 7) is 0.655. The van der Waals surface area contributed by atoms with Gasteiger partial charge in [0.2, 0.25) is 0 Å². The highest BCUT2D eigenvalue weighted by Gasteiger charge is 2.15. The van der Waals surface area contributed by atoms with Crippen LogP contribution >= 0.6 is 0 Å². The van der Waals surface area contributed by atoms with E-state index in [2.05, 4.69) is 4.98 Å². The third-order valence-corrected chi connectivity index (χ3v) is 4.69. The first-order valence-corrected chi connectivity index (χ1v) is 9.70. The number of benzene rings is 3. The highest BCUT2D eigenvalue weighted by molar-refractivity contribution is 5.92. The van der Waals surface area contributed by atoms with E-state index >= 15 is 0 Å². The predicted molar refractivity (Wildman–Crippen MR) is 117 cm³/mol. The second-order valence-electron chi connectivity index (χ2n) is 7.40. The standard InChI is InChI=1S/C24H23FN4O/c1-29(2)15-21(26)24-27-22-6-4-3-5-20(22)23(28-24)16-7-11-18(12-8-16)30-19-13-9-17(25)10-14-19/h3-14,21H,15,26H2,1-2H3. The van der Waals surface area contributed by atoms with Crippen molar-refractivity contribution in [2.24, 2.45) is 5.73 Å². The van der Waals surface area contributed by atoms with Crippen molar-refractivity contribution in [3.63, 3.8) is 0 Å². The van der Waals surface area contributed by atoms with Crippen LogP contribution in [0.25, 0.3) is 22.2 Å². The Labute approximate surface area is 175 Å². The van der Waals surface area contributed by atoms with E-state index in [0.717, 1.165) is 22.2 Å². The molecule has 3 aromatic carbocycles. The SMILES string of the molecule is CN(C)CC(N)c1nc(-c2ccc(Oc3ccc(F)cc3)cc2)c2ccccc2n1. The molecule has 0 bridgehead atoms. The van der Waals surface area contributed by atoms with Crippen LogP contribution in [0.5, 0.6) is 11.5 Å². The molecule has 1 aromatic heterocycles. The topological polar surface area (TPSA) is 64.3 Å². The van der Waals surface area contributed by atoms with E-state index in [0.29, 0.717) is 23.9 Å². The van der Waals surface area contributed by atoms with Gasteiger partial charge in [-0.25, -0.2) is 14.4 Å². The van der Waals surface area contributed by atoms with Gasteiger partial charge in [0, 0.05) is 17.5 Å². The molecule has 0 amide bonds. The van der Waals surface area contributed by atoms with Gasteiger partial charge in [-0.2, -0.15) is 0 Å². The molecule has 0 saturated carbocycles. The van der Waals surface area contributed by atoms with Crippen LogP contribution in [-0.4, -0.2) is 35.5 Å². The number of fused-ring (bicyclic) bond motifs is 1. The summed E-state index contributed by atoms with van der Waals surface area (Å²) in [6, 6.07) is 21.2. The summed E-state index contributed by atoms with van der Waals surface area (Å²) in [5, 5.41) is 0.963. The molecule has 1 heterocycles. The minimum Gasteiger partial charge on any atom is -0.457 e. The molecule has 1 unspecified atom stereocenters. The Kier molecular flexibility index (Phi) is 5.70. The molecule has 0 aliphatic heterocycles. The first-order valence-electron chi connectivity index (χ1n) is 9.70. The molecular formula is C24H23FN4O. The van der Waals surface area contributed by atoms with Crippen molar-refractivity contribution in [2.45, 2.75) is 6.04 Å². The van der Waals surface area contributed by atoms with Gasteiger partial charge in [0.25, 0.3) is 0 Å². The summed E-state index contributed by atoms with van der Waals surface area (Å²) < 4.78 is 18.9. The van der Waals surface area contributed by atoms with Gasteiger partial charge >= 0.3 is 0 Å². The lowest BCUT2D eigenvalue weighted by Gasteiger charge is -2.17. The van der Waals surface area contributed by atoms with Gasteiger partial charge in [-0.15, -0.1) is 0 Å². The van der Waals surface area contributed by atoms with Crippen molar-refractivity contribution in [3.05, 3.63) is 84.4 Å². The fourth-order valence-electron chi connectivity index (χ4n) is 3.28. The highest BCUT2D eigenvalue weighted by Crippen LogP contribution is 2.30. The first kappa shape index (κ1) is 19.9. The summed E-state index contributed by atoms with van der Waals surface area (Å²) >= 11 is 0. The number of likely N-dealkylation sites (N-methyl/N-ethyl adjacent to an activating group) is 1. The number of hydrogen-bond donors (Lipinski definition) is 1. The molecule has 1 atom stereocenters. The van der Waals surface area contributed by atoms with Gasteiger partial charge in [-0.05, 0) is 68.7 Å². The molecule has 152 valence electrons. The quantitative estimate of drug-likeness (QED) is 0.502. The zero-order valence-corrected chi connectivity index (χ0v) is 16.9. The smallest absolute Gasteiger partial charge is 0.147 e. The minimum absolute atomic E-state index is 0.288. The van der Waals surface area contributed by atoms with Crippen molar-refractivity contribution in [3.8, 4) is 22.8 Å². The Bertz CT molecular complexity index is 1140. The number of ether oxygens (including phenoxy) is 1. The van der Waals surface area contributed by atoms with Gasteiger partial charge in [-0.3, -0.25) is 0 Å². The van der Waals surface area contributed by atoms with E-state index in [1.165, 1.54) is 12.1 Å². The van der Waals surface area contributed by atoms with E-state index in [-0.39, 0.29) is 11.9 Å². The lowest BCUT2D eigenvalue weighted by molar-refractivity contribution is 0.370. The molecule has 6 heteroatoms. The molecule has 2 N–H and O–H groups in total. The summed E-state index contributed by atoms with van der Waals surface area (Å²) in [7, 11) is 3.95. The Morgan fingerprint density at radius 1 is 0.900 bits per heavy atom. The molecule has 4 rings (SSSR count). The summed E-state index contributed by atoms with van der Waals surface area (Å²) in [5.41, 5.74) is 8.98. The van der Waals surface area contributed by atoms with E-state index in [9.17, 15) is 4.39 Å². The van der Waals surface area contributed by atoms with Crippen LogP contribution in [0.15, 0.2) is 72.8 Å². The maximum atomic E-state index is 13.1. The Morgan fingerprint density at radius 3 is 2.20 bits per heavy atom. The summed E-state index contributed by atoms with van der Waals surface area (Å²) in [4.78, 5) is 11.5. The summed E-state index contributed by atoms with van der Waals surface area (Å²) in [6.07, 6.45) is 0. The van der Waals surface area contributed by atoms with Crippen molar-refractivity contribution >= 4 is 10.9 Å².